The predicted molar refractivity (Wildman–Crippen MR) is 134 cm³/mol. The number of amides is 1. The smallest absolute Gasteiger partial charge is 0.329 e. The molecule has 2 aromatic carbocycles. The number of ketones is 1. The third-order valence-corrected chi connectivity index (χ3v) is 6.31. The third kappa shape index (κ3) is 6.48. The molecular weight excluding hydrogens is 514 g/mol. The summed E-state index contributed by atoms with van der Waals surface area (Å²) in [6.45, 7) is 2.13. The Bertz CT molecular complexity index is 1200. The van der Waals surface area contributed by atoms with Crippen LogP contribution >= 0.6 is 0 Å². The highest BCUT2D eigenvalue weighted by Gasteiger charge is 2.52. The number of nitrogens with one attached hydrogen (secondary N) is 1. The summed E-state index contributed by atoms with van der Waals surface area (Å²) >= 11 is 0. The van der Waals surface area contributed by atoms with E-state index in [-0.39, 0.29) is 23.9 Å². The van der Waals surface area contributed by atoms with E-state index in [4.69, 9.17) is 33.2 Å². The molecular formula is C27H31NO11. The summed E-state index contributed by atoms with van der Waals surface area (Å²) in [6.07, 6.45) is -4.60. The third-order valence-electron chi connectivity index (χ3n) is 6.31. The first-order chi connectivity index (χ1) is 18.7. The molecule has 0 radical (unpaired) electrons. The van der Waals surface area contributed by atoms with Crippen molar-refractivity contribution < 1.29 is 52.6 Å². The molecule has 2 aliphatic rings. The van der Waals surface area contributed by atoms with Gasteiger partial charge in [-0.2, -0.15) is 0 Å². The van der Waals surface area contributed by atoms with Gasteiger partial charge in [-0.05, 0) is 31.2 Å². The van der Waals surface area contributed by atoms with E-state index >= 15 is 0 Å². The lowest BCUT2D eigenvalue weighted by molar-refractivity contribution is -0.338. The molecule has 0 bridgehead atoms. The van der Waals surface area contributed by atoms with Gasteiger partial charge in [-0.3, -0.25) is 9.59 Å². The molecule has 2 saturated heterocycles. The van der Waals surface area contributed by atoms with Gasteiger partial charge >= 0.3 is 5.97 Å². The molecule has 6 unspecified atom stereocenters. The first-order valence-corrected chi connectivity index (χ1v) is 12.2. The minimum atomic E-state index is -1.20. The fourth-order valence-electron chi connectivity index (χ4n) is 4.55. The highest BCUT2D eigenvalue weighted by Crippen LogP contribution is 2.39. The highest BCUT2D eigenvalue weighted by atomic mass is 16.8. The number of carboxylic acids is 1. The van der Waals surface area contributed by atoms with Crippen LogP contribution in [0.5, 0.6) is 17.2 Å². The Kier molecular flexibility index (Phi) is 9.02. The maximum Gasteiger partial charge on any atom is 0.329 e. The molecule has 12 heteroatoms. The van der Waals surface area contributed by atoms with E-state index in [0.717, 1.165) is 0 Å². The number of methoxy groups -OCH3 is 2. The summed E-state index contributed by atoms with van der Waals surface area (Å²) < 4.78 is 41.1. The van der Waals surface area contributed by atoms with E-state index in [9.17, 15) is 19.5 Å². The summed E-state index contributed by atoms with van der Waals surface area (Å²) in [5, 5.41) is 12.1. The molecule has 4 rings (SSSR count). The van der Waals surface area contributed by atoms with Crippen molar-refractivity contribution in [3.8, 4) is 17.2 Å². The topological polar surface area (TPSA) is 148 Å². The standard InChI is InChI=1S/C27H31NO11/c1-14(29)16-9-10-19(20(11-16)34-4)37-27-23(28-15(2)30)25(35-13-22(31)32)24-21(38-27)12-36-26(39-24)17-7-5-6-8-18(17)33-3/h5-11,21,23-27H,12-13H2,1-4H3,(H,28,30)(H,31,32). The van der Waals surface area contributed by atoms with Gasteiger partial charge < -0.3 is 43.6 Å². The minimum Gasteiger partial charge on any atom is -0.496 e. The Hall–Kier alpha value is -3.71. The van der Waals surface area contributed by atoms with Crippen LogP contribution < -0.4 is 19.5 Å². The second-order valence-electron chi connectivity index (χ2n) is 8.99. The van der Waals surface area contributed by atoms with Crippen LogP contribution in [0.15, 0.2) is 42.5 Å². The van der Waals surface area contributed by atoms with Gasteiger partial charge in [0, 0.05) is 18.1 Å². The number of fused-ring (bicyclic) bond motifs is 1. The van der Waals surface area contributed by atoms with Crippen molar-refractivity contribution in [1.82, 2.24) is 5.32 Å². The summed E-state index contributed by atoms with van der Waals surface area (Å²) in [5.41, 5.74) is 1.04. The second-order valence-corrected chi connectivity index (χ2v) is 8.99. The van der Waals surface area contributed by atoms with Gasteiger partial charge in [-0.15, -0.1) is 0 Å². The molecule has 2 aliphatic heterocycles. The summed E-state index contributed by atoms with van der Waals surface area (Å²) in [4.78, 5) is 35.5. The maximum atomic E-state index is 12.2. The average Bonchev–Trinajstić information content (AvgIpc) is 2.92. The molecule has 2 heterocycles. The van der Waals surface area contributed by atoms with Gasteiger partial charge in [0.1, 0.15) is 36.7 Å². The Labute approximate surface area is 225 Å². The number of hydrogen-bond acceptors (Lipinski definition) is 10. The molecule has 210 valence electrons. The van der Waals surface area contributed by atoms with Crippen molar-refractivity contribution in [3.05, 3.63) is 53.6 Å². The van der Waals surface area contributed by atoms with Crippen LogP contribution in [0.3, 0.4) is 0 Å². The highest BCUT2D eigenvalue weighted by molar-refractivity contribution is 5.94. The van der Waals surface area contributed by atoms with Gasteiger partial charge in [0.05, 0.1) is 20.8 Å². The van der Waals surface area contributed by atoms with Crippen LogP contribution in [0.25, 0.3) is 0 Å². The number of aliphatic carboxylic acids is 1. The SMILES string of the molecule is COc1cc(C(C)=O)ccc1OC1OC2COC(c3ccccc3OC)OC2C(OCC(=O)O)C1NC(C)=O. The van der Waals surface area contributed by atoms with E-state index < -0.39 is 55.4 Å². The molecule has 6 atom stereocenters. The van der Waals surface area contributed by atoms with Gasteiger partial charge in [0.15, 0.2) is 23.6 Å². The Morgan fingerprint density at radius 3 is 2.41 bits per heavy atom. The molecule has 1 amide bonds. The minimum absolute atomic E-state index is 0.0490. The molecule has 12 nitrogen and oxygen atoms in total. The van der Waals surface area contributed by atoms with Crippen molar-refractivity contribution in [2.75, 3.05) is 27.4 Å². The lowest BCUT2D eigenvalue weighted by Gasteiger charge is -2.49. The molecule has 0 saturated carbocycles. The molecule has 2 N–H and O–H groups in total. The van der Waals surface area contributed by atoms with Crippen molar-refractivity contribution in [1.29, 1.82) is 0 Å². The van der Waals surface area contributed by atoms with Crippen molar-refractivity contribution in [2.45, 2.75) is 50.8 Å². The van der Waals surface area contributed by atoms with Gasteiger partial charge in [0.25, 0.3) is 0 Å². The van der Waals surface area contributed by atoms with E-state index in [1.807, 2.05) is 6.07 Å². The van der Waals surface area contributed by atoms with Crippen LogP contribution in [0.2, 0.25) is 0 Å². The molecule has 39 heavy (non-hydrogen) atoms. The number of Topliss-reactive ketones (excluding diaryl/α,β-unsaturated/α-hetero) is 1. The van der Waals surface area contributed by atoms with Gasteiger partial charge in [-0.25, -0.2) is 4.79 Å². The first-order valence-electron chi connectivity index (χ1n) is 12.2. The summed E-state index contributed by atoms with van der Waals surface area (Å²) in [7, 11) is 2.95. The lowest BCUT2D eigenvalue weighted by Crippen LogP contribution is -2.68. The van der Waals surface area contributed by atoms with E-state index in [1.165, 1.54) is 34.1 Å². The predicted octanol–water partition coefficient (Wildman–Crippen LogP) is 2.10. The number of para-hydroxylation sites is 1. The van der Waals surface area contributed by atoms with Crippen LogP contribution in [0, 0.1) is 0 Å². The summed E-state index contributed by atoms with van der Waals surface area (Å²) in [5.74, 6) is -0.732. The molecule has 2 aromatic rings. The number of rotatable bonds is 10. The van der Waals surface area contributed by atoms with Crippen LogP contribution in [0.4, 0.5) is 0 Å². The summed E-state index contributed by atoms with van der Waals surface area (Å²) in [6, 6.07) is 10.8. The van der Waals surface area contributed by atoms with Gasteiger partial charge in [0.2, 0.25) is 12.2 Å². The number of ether oxygens (including phenoxy) is 7. The van der Waals surface area contributed by atoms with Crippen molar-refractivity contribution >= 4 is 17.7 Å². The molecule has 0 spiro atoms. The fraction of sp³-hybridized carbons (Fsp3) is 0.444. The number of benzene rings is 2. The van der Waals surface area contributed by atoms with Crippen LogP contribution in [-0.4, -0.2) is 80.8 Å². The van der Waals surface area contributed by atoms with Crippen LogP contribution in [0.1, 0.15) is 36.1 Å². The van der Waals surface area contributed by atoms with Gasteiger partial charge in [-0.1, -0.05) is 18.2 Å². The molecule has 2 fully saturated rings. The number of carbonyl (C=O) groups excluding carboxylic acids is 2. The Morgan fingerprint density at radius 2 is 1.74 bits per heavy atom. The van der Waals surface area contributed by atoms with E-state index in [2.05, 4.69) is 5.32 Å². The number of carbonyl (C=O) groups is 3. The quantitative estimate of drug-likeness (QED) is 0.423. The lowest BCUT2D eigenvalue weighted by atomic mass is 9.95. The Balaban J connectivity index is 1.66. The molecule has 0 aromatic heterocycles. The second kappa shape index (κ2) is 12.4. The van der Waals surface area contributed by atoms with E-state index in [0.29, 0.717) is 16.9 Å². The average molecular weight is 546 g/mol. The fourth-order valence-corrected chi connectivity index (χ4v) is 4.55. The number of carboxylic acid groups (broad SMARTS) is 1. The Morgan fingerprint density at radius 1 is 1.00 bits per heavy atom. The van der Waals surface area contributed by atoms with E-state index in [1.54, 1.807) is 30.3 Å². The van der Waals surface area contributed by atoms with Crippen LogP contribution in [-0.2, 0) is 28.5 Å². The number of hydrogen-bond donors (Lipinski definition) is 2. The zero-order valence-electron chi connectivity index (χ0n) is 21.9. The largest absolute Gasteiger partial charge is 0.496 e. The molecule has 0 aliphatic carbocycles. The van der Waals surface area contributed by atoms with Crippen molar-refractivity contribution in [2.24, 2.45) is 0 Å². The zero-order chi connectivity index (χ0) is 28.1. The van der Waals surface area contributed by atoms with Crippen molar-refractivity contribution in [3.63, 3.8) is 0 Å². The monoisotopic (exact) mass is 545 g/mol. The maximum absolute atomic E-state index is 12.2. The normalized spacial score (nSPS) is 26.2. The first kappa shape index (κ1) is 28.3. The zero-order valence-corrected chi connectivity index (χ0v) is 21.9.